The molecule has 0 radical (unpaired) electrons. The third-order valence-electron chi connectivity index (χ3n) is 7.55. The fourth-order valence-corrected chi connectivity index (χ4v) is 5.61. The molecule has 4 aromatic rings. The zero-order valence-electron chi connectivity index (χ0n) is 19.9. The third-order valence-corrected chi connectivity index (χ3v) is 7.55. The Bertz CT molecular complexity index is 1370. The number of piperidine rings is 1. The molecule has 1 N–H and O–H groups in total. The lowest BCUT2D eigenvalue weighted by Gasteiger charge is -2.26. The fourth-order valence-electron chi connectivity index (χ4n) is 5.61. The zero-order valence-corrected chi connectivity index (χ0v) is 19.9. The zero-order chi connectivity index (χ0) is 23.8. The van der Waals surface area contributed by atoms with Crippen LogP contribution in [-0.2, 0) is 12.8 Å². The van der Waals surface area contributed by atoms with Gasteiger partial charge in [0.1, 0.15) is 23.9 Å². The molecule has 4 heteroatoms. The van der Waals surface area contributed by atoms with E-state index in [9.17, 15) is 9.50 Å². The molecular weight excluding hydrogens is 437 g/mol. The predicted octanol–water partition coefficient (Wildman–Crippen LogP) is 6.71. The lowest BCUT2D eigenvalue weighted by atomic mass is 9.82. The van der Waals surface area contributed by atoms with Gasteiger partial charge in [0.25, 0.3) is 0 Å². The van der Waals surface area contributed by atoms with Crippen LogP contribution < -0.4 is 4.74 Å². The number of benzene rings is 4. The smallest absolute Gasteiger partial charge is 0.124 e. The number of nitrogens with zero attached hydrogens (tertiary/aromatic N) is 1. The first-order valence-electron chi connectivity index (χ1n) is 12.6. The summed E-state index contributed by atoms with van der Waals surface area (Å²) < 4.78 is 19.9. The maximum Gasteiger partial charge on any atom is 0.124 e. The van der Waals surface area contributed by atoms with Gasteiger partial charge in [-0.15, -0.1) is 0 Å². The first-order valence-corrected chi connectivity index (χ1v) is 12.6. The van der Waals surface area contributed by atoms with Crippen LogP contribution in [0.4, 0.5) is 4.39 Å². The van der Waals surface area contributed by atoms with Crippen molar-refractivity contribution in [3.05, 3.63) is 94.8 Å². The van der Waals surface area contributed by atoms with Crippen LogP contribution in [0.1, 0.15) is 41.5 Å². The molecule has 0 atom stereocenters. The highest BCUT2D eigenvalue weighted by Gasteiger charge is 2.19. The lowest BCUT2D eigenvalue weighted by Crippen LogP contribution is -2.33. The van der Waals surface area contributed by atoms with Gasteiger partial charge in [-0.1, -0.05) is 36.8 Å². The molecule has 0 spiro atoms. The Morgan fingerprint density at radius 1 is 0.800 bits per heavy atom. The van der Waals surface area contributed by atoms with Gasteiger partial charge >= 0.3 is 0 Å². The Morgan fingerprint density at radius 3 is 2.43 bits per heavy atom. The molecule has 0 bridgehead atoms. The fraction of sp³-hybridized carbons (Fsp3) is 0.290. The summed E-state index contributed by atoms with van der Waals surface area (Å²) in [4.78, 5) is 2.47. The van der Waals surface area contributed by atoms with Crippen LogP contribution in [-0.4, -0.2) is 36.2 Å². The second-order valence-electron chi connectivity index (χ2n) is 9.84. The van der Waals surface area contributed by atoms with Crippen molar-refractivity contribution in [1.82, 2.24) is 4.90 Å². The molecule has 1 heterocycles. The molecule has 35 heavy (non-hydrogen) atoms. The summed E-state index contributed by atoms with van der Waals surface area (Å²) >= 11 is 0. The van der Waals surface area contributed by atoms with Crippen molar-refractivity contribution in [1.29, 1.82) is 0 Å². The maximum absolute atomic E-state index is 13.9. The molecule has 1 aliphatic heterocycles. The maximum atomic E-state index is 13.9. The second kappa shape index (κ2) is 9.35. The summed E-state index contributed by atoms with van der Waals surface area (Å²) in [5, 5.41) is 12.9. The summed E-state index contributed by atoms with van der Waals surface area (Å²) in [6, 6.07) is 21.2. The number of aromatic hydroxyl groups is 1. The minimum absolute atomic E-state index is 0.191. The summed E-state index contributed by atoms with van der Waals surface area (Å²) in [6.07, 6.45) is 5.43. The number of phenols is 1. The van der Waals surface area contributed by atoms with Crippen LogP contribution in [0, 0.1) is 5.82 Å². The number of hydrogen-bond donors (Lipinski definition) is 1. The molecular formula is C31H30FNO2. The van der Waals surface area contributed by atoms with Gasteiger partial charge in [-0.25, -0.2) is 4.39 Å². The molecule has 0 amide bonds. The standard InChI is InChI=1S/C31H30FNO2/c32-26-9-6-22-16-23-4-5-24-19-31(34)30(20-29(24)28(23)18-25(22)17-26)21-7-10-27(11-8-21)35-15-14-33-12-2-1-3-13-33/h4-11,17,19-20,34H,1-3,12-16,18H2. The van der Waals surface area contributed by atoms with Crippen molar-refractivity contribution in [2.45, 2.75) is 32.1 Å². The number of halogens is 1. The Kier molecular flexibility index (Phi) is 5.91. The van der Waals surface area contributed by atoms with Crippen LogP contribution in [0.3, 0.4) is 0 Å². The molecule has 3 nitrogen and oxygen atoms in total. The van der Waals surface area contributed by atoms with Crippen molar-refractivity contribution in [2.75, 3.05) is 26.2 Å². The number of likely N-dealkylation sites (tertiary alicyclic amines) is 1. The average Bonchev–Trinajstić information content (AvgIpc) is 2.88. The van der Waals surface area contributed by atoms with Crippen molar-refractivity contribution in [2.24, 2.45) is 0 Å². The van der Waals surface area contributed by atoms with E-state index in [1.54, 1.807) is 12.1 Å². The van der Waals surface area contributed by atoms with Gasteiger partial charge in [0.05, 0.1) is 0 Å². The SMILES string of the molecule is Oc1cc2ccc3c(c2cc1-c1ccc(OCCN2CCCCC2)cc1)Cc1cc(F)ccc1C3. The largest absolute Gasteiger partial charge is 0.507 e. The summed E-state index contributed by atoms with van der Waals surface area (Å²) in [6.45, 7) is 4.00. The Balaban J connectivity index is 1.25. The van der Waals surface area contributed by atoms with Crippen LogP contribution >= 0.6 is 0 Å². The van der Waals surface area contributed by atoms with Crippen molar-refractivity contribution < 1.29 is 14.2 Å². The minimum Gasteiger partial charge on any atom is -0.507 e. The van der Waals surface area contributed by atoms with Crippen molar-refractivity contribution >= 4 is 10.8 Å². The van der Waals surface area contributed by atoms with Crippen LogP contribution in [0.25, 0.3) is 21.9 Å². The third kappa shape index (κ3) is 4.51. The van der Waals surface area contributed by atoms with Gasteiger partial charge in [-0.3, -0.25) is 4.90 Å². The van der Waals surface area contributed by atoms with E-state index in [4.69, 9.17) is 4.74 Å². The molecule has 4 aromatic carbocycles. The van der Waals surface area contributed by atoms with Crippen LogP contribution in [0.5, 0.6) is 11.5 Å². The average molecular weight is 468 g/mol. The van der Waals surface area contributed by atoms with Crippen LogP contribution in [0.15, 0.2) is 66.7 Å². The molecule has 1 fully saturated rings. The van der Waals surface area contributed by atoms with E-state index in [1.807, 2.05) is 36.4 Å². The summed E-state index contributed by atoms with van der Waals surface area (Å²) in [7, 11) is 0. The molecule has 1 aliphatic carbocycles. The number of ether oxygens (including phenoxy) is 1. The molecule has 6 rings (SSSR count). The highest BCUT2D eigenvalue weighted by molar-refractivity contribution is 5.94. The summed E-state index contributed by atoms with van der Waals surface area (Å²) in [5.41, 5.74) is 6.48. The lowest BCUT2D eigenvalue weighted by molar-refractivity contribution is 0.183. The monoisotopic (exact) mass is 467 g/mol. The van der Waals surface area contributed by atoms with E-state index >= 15 is 0 Å². The van der Waals surface area contributed by atoms with E-state index in [2.05, 4.69) is 23.1 Å². The molecule has 0 unspecified atom stereocenters. The second-order valence-corrected chi connectivity index (χ2v) is 9.84. The van der Waals surface area contributed by atoms with Gasteiger partial charge in [0, 0.05) is 12.1 Å². The quantitative estimate of drug-likeness (QED) is 0.312. The predicted molar refractivity (Wildman–Crippen MR) is 139 cm³/mol. The number of hydrogen-bond acceptors (Lipinski definition) is 3. The molecule has 178 valence electrons. The van der Waals surface area contributed by atoms with Crippen molar-refractivity contribution in [3.63, 3.8) is 0 Å². The number of rotatable bonds is 5. The van der Waals surface area contributed by atoms with E-state index < -0.39 is 0 Å². The minimum atomic E-state index is -0.191. The van der Waals surface area contributed by atoms with E-state index in [0.717, 1.165) is 46.2 Å². The normalized spacial score (nSPS) is 15.6. The molecule has 0 aromatic heterocycles. The van der Waals surface area contributed by atoms with Gasteiger partial charge in [0.15, 0.2) is 0 Å². The van der Waals surface area contributed by atoms with Crippen LogP contribution in [0.2, 0.25) is 0 Å². The Hall–Kier alpha value is -3.37. The van der Waals surface area contributed by atoms with Crippen molar-refractivity contribution in [3.8, 4) is 22.6 Å². The van der Waals surface area contributed by atoms with E-state index in [1.165, 1.54) is 49.0 Å². The highest BCUT2D eigenvalue weighted by Crippen LogP contribution is 2.39. The topological polar surface area (TPSA) is 32.7 Å². The van der Waals surface area contributed by atoms with Gasteiger partial charge in [0.2, 0.25) is 0 Å². The van der Waals surface area contributed by atoms with Gasteiger partial charge in [-0.05, 0) is 114 Å². The highest BCUT2D eigenvalue weighted by atomic mass is 19.1. The molecule has 0 saturated carbocycles. The first-order chi connectivity index (χ1) is 17.1. The van der Waals surface area contributed by atoms with Gasteiger partial charge < -0.3 is 9.84 Å². The first kappa shape index (κ1) is 22.1. The number of phenolic OH excluding ortho intramolecular Hbond substituents is 1. The van der Waals surface area contributed by atoms with E-state index in [0.29, 0.717) is 13.0 Å². The summed E-state index contributed by atoms with van der Waals surface area (Å²) in [5.74, 6) is 0.921. The molecule has 2 aliphatic rings. The Morgan fingerprint density at radius 2 is 1.60 bits per heavy atom. The van der Waals surface area contributed by atoms with E-state index in [-0.39, 0.29) is 11.6 Å². The number of fused-ring (bicyclic) bond motifs is 4. The van der Waals surface area contributed by atoms with Gasteiger partial charge in [-0.2, -0.15) is 0 Å². The Labute approximate surface area is 205 Å². The molecule has 1 saturated heterocycles.